The van der Waals surface area contributed by atoms with E-state index in [9.17, 15) is 4.79 Å². The van der Waals surface area contributed by atoms with E-state index in [1.165, 1.54) is 12.8 Å². The molecule has 0 radical (unpaired) electrons. The van der Waals surface area contributed by atoms with Crippen molar-refractivity contribution in [2.45, 2.75) is 25.5 Å². The minimum Gasteiger partial charge on any atom is -0.375 e. The van der Waals surface area contributed by atoms with Crippen LogP contribution >= 0.6 is 0 Å². The molecule has 2 fully saturated rings. The maximum atomic E-state index is 12.2. The zero-order valence-electron chi connectivity index (χ0n) is 13.1. The fourth-order valence-electron chi connectivity index (χ4n) is 2.65. The summed E-state index contributed by atoms with van der Waals surface area (Å²) in [5.41, 5.74) is 1.33. The van der Waals surface area contributed by atoms with E-state index in [1.54, 1.807) is 28.9 Å². The Morgan fingerprint density at radius 1 is 1.39 bits per heavy atom. The largest absolute Gasteiger partial charge is 0.375 e. The van der Waals surface area contributed by atoms with Crippen LogP contribution in [-0.4, -0.2) is 55.3 Å². The third-order valence-electron chi connectivity index (χ3n) is 4.31. The predicted octanol–water partition coefficient (Wildman–Crippen LogP) is 0.635. The summed E-state index contributed by atoms with van der Waals surface area (Å²) in [5, 5.41) is 12.4. The van der Waals surface area contributed by atoms with Crippen LogP contribution in [-0.2, 0) is 18.4 Å². The molecule has 3 heterocycles. The fourth-order valence-corrected chi connectivity index (χ4v) is 2.65. The topological polar surface area (TPSA) is 78.1 Å². The van der Waals surface area contributed by atoms with Gasteiger partial charge in [0, 0.05) is 32.9 Å². The van der Waals surface area contributed by atoms with Gasteiger partial charge in [0.2, 0.25) is 0 Å². The number of ether oxygens (including phenoxy) is 1. The lowest BCUT2D eigenvalue weighted by Crippen LogP contribution is -2.51. The molecule has 0 unspecified atom stereocenters. The van der Waals surface area contributed by atoms with E-state index >= 15 is 0 Å². The molecule has 1 aliphatic carbocycles. The van der Waals surface area contributed by atoms with Crippen LogP contribution in [0.3, 0.4) is 0 Å². The van der Waals surface area contributed by atoms with Crippen molar-refractivity contribution in [1.82, 2.24) is 29.7 Å². The normalized spacial score (nSPS) is 18.2. The van der Waals surface area contributed by atoms with E-state index in [-0.39, 0.29) is 11.9 Å². The molecule has 23 heavy (non-hydrogen) atoms. The van der Waals surface area contributed by atoms with Crippen molar-refractivity contribution in [3.05, 3.63) is 29.8 Å². The van der Waals surface area contributed by atoms with E-state index in [0.717, 1.165) is 18.2 Å². The Labute approximate surface area is 134 Å². The number of hydrogen-bond acceptors (Lipinski definition) is 5. The highest BCUT2D eigenvalue weighted by molar-refractivity contribution is 5.92. The molecule has 1 aliphatic heterocycles. The zero-order valence-corrected chi connectivity index (χ0v) is 13.1. The molecule has 0 N–H and O–H groups in total. The number of amides is 1. The third kappa shape index (κ3) is 3.12. The van der Waals surface area contributed by atoms with E-state index in [0.29, 0.717) is 25.4 Å². The molecule has 0 bridgehead atoms. The lowest BCUT2D eigenvalue weighted by atomic mass is 10.1. The average Bonchev–Trinajstić information content (AvgIpc) is 3.01. The Morgan fingerprint density at radius 3 is 2.91 bits per heavy atom. The van der Waals surface area contributed by atoms with Gasteiger partial charge < -0.3 is 9.64 Å². The summed E-state index contributed by atoms with van der Waals surface area (Å²) >= 11 is 0. The van der Waals surface area contributed by atoms with Crippen LogP contribution in [0, 0.1) is 5.92 Å². The monoisotopic (exact) mass is 316 g/mol. The number of rotatable bonds is 6. The van der Waals surface area contributed by atoms with Gasteiger partial charge in [0.15, 0.2) is 0 Å². The van der Waals surface area contributed by atoms with Gasteiger partial charge in [-0.2, -0.15) is 5.10 Å². The second kappa shape index (κ2) is 5.77. The second-order valence-corrected chi connectivity index (χ2v) is 6.39. The van der Waals surface area contributed by atoms with Crippen molar-refractivity contribution < 1.29 is 9.53 Å². The van der Waals surface area contributed by atoms with Crippen LogP contribution in [0.2, 0.25) is 0 Å². The number of aromatic nitrogens is 5. The number of carbonyl (C=O) groups excluding carboxylic acids is 1. The smallest absolute Gasteiger partial charge is 0.274 e. The molecule has 122 valence electrons. The van der Waals surface area contributed by atoms with Crippen molar-refractivity contribution >= 4 is 5.91 Å². The van der Waals surface area contributed by atoms with E-state index < -0.39 is 0 Å². The molecule has 2 aromatic rings. The molecule has 0 atom stereocenters. The van der Waals surface area contributed by atoms with Gasteiger partial charge >= 0.3 is 0 Å². The van der Waals surface area contributed by atoms with Crippen molar-refractivity contribution in [3.63, 3.8) is 0 Å². The molecular formula is C15H20N6O2. The molecular weight excluding hydrogens is 296 g/mol. The SMILES string of the molecule is Cn1ccc(C(=O)N2CC(n3cc(COCC4CC4)nn3)C2)n1. The summed E-state index contributed by atoms with van der Waals surface area (Å²) in [6.07, 6.45) is 6.26. The van der Waals surface area contributed by atoms with Gasteiger partial charge in [-0.05, 0) is 24.8 Å². The lowest BCUT2D eigenvalue weighted by Gasteiger charge is -2.38. The maximum Gasteiger partial charge on any atom is 0.274 e. The highest BCUT2D eigenvalue weighted by Gasteiger charge is 2.34. The molecule has 8 nitrogen and oxygen atoms in total. The van der Waals surface area contributed by atoms with Crippen molar-refractivity contribution in [3.8, 4) is 0 Å². The van der Waals surface area contributed by atoms with Crippen molar-refractivity contribution in [2.75, 3.05) is 19.7 Å². The van der Waals surface area contributed by atoms with Gasteiger partial charge in [-0.25, -0.2) is 4.68 Å². The Morgan fingerprint density at radius 2 is 2.22 bits per heavy atom. The summed E-state index contributed by atoms with van der Waals surface area (Å²) in [6.45, 7) is 2.62. The van der Waals surface area contributed by atoms with Crippen molar-refractivity contribution in [1.29, 1.82) is 0 Å². The molecule has 1 saturated carbocycles. The number of carbonyl (C=O) groups is 1. The summed E-state index contributed by atoms with van der Waals surface area (Å²) in [7, 11) is 1.80. The first-order chi connectivity index (χ1) is 11.2. The third-order valence-corrected chi connectivity index (χ3v) is 4.31. The Hall–Kier alpha value is -2.22. The standard InChI is InChI=1S/C15H20N6O2/c1-19-5-4-14(17-19)15(22)20-7-13(8-20)21-6-12(16-18-21)10-23-9-11-2-3-11/h4-6,11,13H,2-3,7-10H2,1H3. The molecule has 1 saturated heterocycles. The van der Waals surface area contributed by atoms with Crippen LogP contribution in [0.15, 0.2) is 18.5 Å². The minimum absolute atomic E-state index is 0.0324. The molecule has 0 spiro atoms. The molecule has 1 amide bonds. The Balaban J connectivity index is 1.27. The first-order valence-corrected chi connectivity index (χ1v) is 7.96. The van der Waals surface area contributed by atoms with Crippen molar-refractivity contribution in [2.24, 2.45) is 13.0 Å². The lowest BCUT2D eigenvalue weighted by molar-refractivity contribution is 0.0491. The van der Waals surface area contributed by atoms with Gasteiger partial charge in [0.25, 0.3) is 5.91 Å². The molecule has 4 rings (SSSR count). The first-order valence-electron chi connectivity index (χ1n) is 7.96. The van der Waals surface area contributed by atoms with Crippen LogP contribution in [0.25, 0.3) is 0 Å². The number of nitrogens with zero attached hydrogens (tertiary/aromatic N) is 6. The number of hydrogen-bond donors (Lipinski definition) is 0. The average molecular weight is 316 g/mol. The summed E-state index contributed by atoms with van der Waals surface area (Å²) < 4.78 is 9.08. The summed E-state index contributed by atoms with van der Waals surface area (Å²) in [6, 6.07) is 1.92. The minimum atomic E-state index is -0.0324. The second-order valence-electron chi connectivity index (χ2n) is 6.39. The molecule has 2 aliphatic rings. The van der Waals surface area contributed by atoms with Gasteiger partial charge in [0.05, 0.1) is 18.8 Å². The van der Waals surface area contributed by atoms with Crippen LogP contribution in [0.5, 0.6) is 0 Å². The first kappa shape index (κ1) is 14.4. The Kier molecular flexibility index (Phi) is 3.60. The zero-order chi connectivity index (χ0) is 15.8. The molecule has 0 aromatic carbocycles. The fraction of sp³-hybridized carbons (Fsp3) is 0.600. The van der Waals surface area contributed by atoms with Crippen LogP contribution < -0.4 is 0 Å². The highest BCUT2D eigenvalue weighted by atomic mass is 16.5. The summed E-state index contributed by atoms with van der Waals surface area (Å²) in [5.74, 6) is 0.720. The molecule has 8 heteroatoms. The van der Waals surface area contributed by atoms with Gasteiger partial charge in [0.1, 0.15) is 11.4 Å². The predicted molar refractivity (Wildman–Crippen MR) is 80.6 cm³/mol. The van der Waals surface area contributed by atoms with Gasteiger partial charge in [-0.15, -0.1) is 5.10 Å². The van der Waals surface area contributed by atoms with E-state index in [4.69, 9.17) is 4.74 Å². The number of likely N-dealkylation sites (tertiary alicyclic amines) is 1. The van der Waals surface area contributed by atoms with Crippen LogP contribution in [0.4, 0.5) is 0 Å². The van der Waals surface area contributed by atoms with Gasteiger partial charge in [-0.1, -0.05) is 5.21 Å². The van der Waals surface area contributed by atoms with E-state index in [1.807, 2.05) is 10.9 Å². The van der Waals surface area contributed by atoms with Gasteiger partial charge in [-0.3, -0.25) is 9.48 Å². The number of aryl methyl sites for hydroxylation is 1. The molecule has 2 aromatic heterocycles. The summed E-state index contributed by atoms with van der Waals surface area (Å²) in [4.78, 5) is 14.0. The highest BCUT2D eigenvalue weighted by Crippen LogP contribution is 2.29. The van der Waals surface area contributed by atoms with Crippen LogP contribution in [0.1, 0.15) is 35.1 Å². The van der Waals surface area contributed by atoms with E-state index in [2.05, 4.69) is 15.4 Å². The quantitative estimate of drug-likeness (QED) is 0.781. The Bertz CT molecular complexity index is 698. The maximum absolute atomic E-state index is 12.2.